The maximum atomic E-state index is 11.6. The normalized spacial score (nSPS) is 16.9. The fourth-order valence-electron chi connectivity index (χ4n) is 1.88. The van der Waals surface area contributed by atoms with Crippen molar-refractivity contribution in [3.63, 3.8) is 0 Å². The van der Waals surface area contributed by atoms with Crippen molar-refractivity contribution in [1.29, 1.82) is 0 Å². The minimum absolute atomic E-state index is 0.409. The van der Waals surface area contributed by atoms with Crippen LogP contribution >= 0.6 is 0 Å². The Morgan fingerprint density at radius 2 is 2.06 bits per heavy atom. The molecule has 1 heterocycles. The number of anilines is 1. The molecule has 0 bridgehead atoms. The monoisotopic (exact) mass is 243 g/mol. The molecule has 4 N–H and O–H groups in total. The molecule has 0 aliphatic carbocycles. The summed E-state index contributed by atoms with van der Waals surface area (Å²) in [7, 11) is 1.72. The third kappa shape index (κ3) is 2.02. The van der Waals surface area contributed by atoms with E-state index in [1.807, 2.05) is 42.6 Å². The van der Waals surface area contributed by atoms with Crippen LogP contribution in [0.4, 0.5) is 5.69 Å². The first-order chi connectivity index (χ1) is 8.58. The van der Waals surface area contributed by atoms with Crippen LogP contribution in [0.2, 0.25) is 0 Å². The van der Waals surface area contributed by atoms with Gasteiger partial charge in [0.1, 0.15) is 5.54 Å². The van der Waals surface area contributed by atoms with Gasteiger partial charge in [0.2, 0.25) is 5.91 Å². The van der Waals surface area contributed by atoms with Crippen molar-refractivity contribution in [1.82, 2.24) is 5.32 Å². The van der Waals surface area contributed by atoms with Crippen molar-refractivity contribution in [2.45, 2.75) is 12.5 Å². The number of amides is 1. The molecule has 1 atom stereocenters. The molecule has 4 nitrogen and oxygen atoms in total. The molecular formula is C14H17N3O. The minimum atomic E-state index is -0.883. The lowest BCUT2D eigenvalue weighted by atomic mass is 9.91. The number of carbonyl (C=O) groups is 1. The number of fused-ring (bicyclic) bond motifs is 1. The standard InChI is InChI=1S/C14H17N3O/c1-14(16-2,13(15)18)11-8-7-10-5-3-4-6-12(10)17-9-11/h3-9,16-17H,1-2H3,(H2,15,18). The quantitative estimate of drug-likeness (QED) is 0.753. The van der Waals surface area contributed by atoms with Gasteiger partial charge >= 0.3 is 0 Å². The fourth-order valence-corrected chi connectivity index (χ4v) is 1.88. The highest BCUT2D eigenvalue weighted by Crippen LogP contribution is 2.25. The Balaban J connectivity index is 2.40. The van der Waals surface area contributed by atoms with Gasteiger partial charge in [-0.2, -0.15) is 0 Å². The summed E-state index contributed by atoms with van der Waals surface area (Å²) in [6, 6.07) is 7.93. The first kappa shape index (κ1) is 12.4. The Bertz CT molecular complexity index is 534. The second-order valence-corrected chi connectivity index (χ2v) is 4.40. The molecule has 0 aromatic heterocycles. The number of hydrogen-bond donors (Lipinski definition) is 3. The molecule has 1 aliphatic heterocycles. The number of carbonyl (C=O) groups excluding carboxylic acids is 1. The van der Waals surface area contributed by atoms with Gasteiger partial charge in [0.25, 0.3) is 0 Å². The summed E-state index contributed by atoms with van der Waals surface area (Å²) >= 11 is 0. The Labute approximate surface area is 107 Å². The highest BCUT2D eigenvalue weighted by atomic mass is 16.1. The molecule has 2 rings (SSSR count). The molecule has 0 spiro atoms. The number of primary amides is 1. The molecular weight excluding hydrogens is 226 g/mol. The van der Waals surface area contributed by atoms with Crippen LogP contribution in [0.3, 0.4) is 0 Å². The van der Waals surface area contributed by atoms with E-state index in [1.165, 1.54) is 0 Å². The lowest BCUT2D eigenvalue weighted by molar-refractivity contribution is -0.122. The van der Waals surface area contributed by atoms with Crippen molar-refractivity contribution >= 4 is 17.7 Å². The molecule has 94 valence electrons. The maximum Gasteiger partial charge on any atom is 0.242 e. The van der Waals surface area contributed by atoms with E-state index in [9.17, 15) is 4.79 Å². The van der Waals surface area contributed by atoms with Gasteiger partial charge in [0.05, 0.1) is 0 Å². The Morgan fingerprint density at radius 3 is 2.72 bits per heavy atom. The number of likely N-dealkylation sites (N-methyl/N-ethyl adjacent to an activating group) is 1. The lowest BCUT2D eigenvalue weighted by Gasteiger charge is -2.26. The summed E-state index contributed by atoms with van der Waals surface area (Å²) in [5, 5.41) is 6.17. The number of nitrogens with one attached hydrogen (secondary N) is 2. The smallest absolute Gasteiger partial charge is 0.242 e. The van der Waals surface area contributed by atoms with Crippen LogP contribution in [0.1, 0.15) is 12.5 Å². The summed E-state index contributed by atoms with van der Waals surface area (Å²) in [6.45, 7) is 1.77. The fraction of sp³-hybridized carbons (Fsp3) is 0.214. The Hall–Kier alpha value is -2.07. The number of para-hydroxylation sites is 1. The van der Waals surface area contributed by atoms with Crippen molar-refractivity contribution in [3.05, 3.63) is 47.7 Å². The summed E-state index contributed by atoms with van der Waals surface area (Å²) in [6.07, 6.45) is 5.68. The van der Waals surface area contributed by atoms with Gasteiger partial charge < -0.3 is 16.4 Å². The molecule has 4 heteroatoms. The zero-order valence-corrected chi connectivity index (χ0v) is 10.5. The zero-order chi connectivity index (χ0) is 13.2. The lowest BCUT2D eigenvalue weighted by Crippen LogP contribution is -2.52. The van der Waals surface area contributed by atoms with Gasteiger partial charge in [-0.15, -0.1) is 0 Å². The van der Waals surface area contributed by atoms with E-state index in [0.29, 0.717) is 0 Å². The van der Waals surface area contributed by atoms with Gasteiger partial charge in [-0.25, -0.2) is 0 Å². The SMILES string of the molecule is CNC(C)(C(N)=O)C1=CNc2ccccc2C=C1. The molecule has 1 aromatic rings. The third-order valence-corrected chi connectivity index (χ3v) is 3.36. The number of nitrogens with two attached hydrogens (primary N) is 1. The molecule has 1 aromatic carbocycles. The Morgan fingerprint density at radius 1 is 1.33 bits per heavy atom. The summed E-state index contributed by atoms with van der Waals surface area (Å²) in [5.74, 6) is -0.409. The van der Waals surface area contributed by atoms with Crippen molar-refractivity contribution in [3.8, 4) is 0 Å². The molecule has 0 saturated heterocycles. The number of hydrogen-bond acceptors (Lipinski definition) is 3. The summed E-state index contributed by atoms with van der Waals surface area (Å²) < 4.78 is 0. The average molecular weight is 243 g/mol. The van der Waals surface area contributed by atoms with E-state index in [-0.39, 0.29) is 0 Å². The maximum absolute atomic E-state index is 11.6. The number of benzene rings is 1. The topological polar surface area (TPSA) is 67.1 Å². The van der Waals surface area contributed by atoms with E-state index in [4.69, 9.17) is 5.73 Å². The van der Waals surface area contributed by atoms with Crippen LogP contribution in [0.5, 0.6) is 0 Å². The number of rotatable bonds is 3. The highest BCUT2D eigenvalue weighted by molar-refractivity contribution is 5.90. The van der Waals surface area contributed by atoms with Crippen molar-refractivity contribution in [2.24, 2.45) is 5.73 Å². The van der Waals surface area contributed by atoms with Gasteiger partial charge in [0, 0.05) is 11.9 Å². The van der Waals surface area contributed by atoms with Crippen LogP contribution in [0.15, 0.2) is 42.1 Å². The largest absolute Gasteiger partial charge is 0.368 e. The van der Waals surface area contributed by atoms with Crippen LogP contribution < -0.4 is 16.4 Å². The van der Waals surface area contributed by atoms with E-state index in [1.54, 1.807) is 14.0 Å². The molecule has 1 amide bonds. The van der Waals surface area contributed by atoms with Crippen LogP contribution in [0, 0.1) is 0 Å². The second kappa shape index (κ2) is 4.66. The van der Waals surface area contributed by atoms with Gasteiger partial charge in [-0.05, 0) is 31.2 Å². The first-order valence-corrected chi connectivity index (χ1v) is 5.81. The van der Waals surface area contributed by atoms with E-state index in [0.717, 1.165) is 16.8 Å². The third-order valence-electron chi connectivity index (χ3n) is 3.36. The Kier molecular flexibility index (Phi) is 3.21. The van der Waals surface area contributed by atoms with Crippen LogP contribution in [0.25, 0.3) is 6.08 Å². The van der Waals surface area contributed by atoms with Gasteiger partial charge in [-0.3, -0.25) is 4.79 Å². The van der Waals surface area contributed by atoms with Gasteiger partial charge in [0.15, 0.2) is 0 Å². The highest BCUT2D eigenvalue weighted by Gasteiger charge is 2.32. The van der Waals surface area contributed by atoms with Crippen LogP contribution in [-0.2, 0) is 4.79 Å². The predicted molar refractivity (Wildman–Crippen MR) is 73.8 cm³/mol. The van der Waals surface area contributed by atoms with E-state index >= 15 is 0 Å². The predicted octanol–water partition coefficient (Wildman–Crippen LogP) is 1.47. The van der Waals surface area contributed by atoms with E-state index in [2.05, 4.69) is 10.6 Å². The van der Waals surface area contributed by atoms with Crippen molar-refractivity contribution in [2.75, 3.05) is 12.4 Å². The summed E-state index contributed by atoms with van der Waals surface area (Å²) in [4.78, 5) is 11.6. The molecule has 0 saturated carbocycles. The van der Waals surface area contributed by atoms with Crippen LogP contribution in [-0.4, -0.2) is 18.5 Å². The minimum Gasteiger partial charge on any atom is -0.368 e. The molecule has 18 heavy (non-hydrogen) atoms. The average Bonchev–Trinajstić information content (AvgIpc) is 2.60. The first-order valence-electron chi connectivity index (χ1n) is 5.81. The molecule has 1 aliphatic rings. The van der Waals surface area contributed by atoms with Gasteiger partial charge in [-0.1, -0.05) is 30.4 Å². The van der Waals surface area contributed by atoms with Crippen molar-refractivity contribution < 1.29 is 4.79 Å². The molecule has 0 fully saturated rings. The molecule has 1 unspecified atom stereocenters. The summed E-state index contributed by atoms with van der Waals surface area (Å²) in [5.41, 5.74) is 7.46. The second-order valence-electron chi connectivity index (χ2n) is 4.40. The zero-order valence-electron chi connectivity index (χ0n) is 10.5. The van der Waals surface area contributed by atoms with E-state index < -0.39 is 11.4 Å². The molecule has 0 radical (unpaired) electrons.